The maximum Gasteiger partial charge on any atom is 0.0713 e. The van der Waals surface area contributed by atoms with Gasteiger partial charge in [-0.2, -0.15) is 0 Å². The summed E-state index contributed by atoms with van der Waals surface area (Å²) >= 11 is 0. The van der Waals surface area contributed by atoms with Crippen LogP contribution in [0.15, 0.2) is 200 Å². The number of nitrogens with zero attached hydrogens (tertiary/aromatic N) is 1. The second-order valence-electron chi connectivity index (χ2n) is 15.5. The third-order valence-electron chi connectivity index (χ3n) is 12.8. The highest BCUT2D eigenvalue weighted by Gasteiger charge is 2.46. The second kappa shape index (κ2) is 14.1. The monoisotopic (exact) mass is 731 g/mol. The fourth-order valence-electron chi connectivity index (χ4n) is 10.2. The van der Waals surface area contributed by atoms with Gasteiger partial charge in [-0.1, -0.05) is 190 Å². The summed E-state index contributed by atoms with van der Waals surface area (Å²) in [5.74, 6) is 0. The lowest BCUT2D eigenvalue weighted by molar-refractivity contribution is 0.490. The molecule has 10 rings (SSSR count). The van der Waals surface area contributed by atoms with Crippen LogP contribution in [-0.4, -0.2) is 0 Å². The lowest BCUT2D eigenvalue weighted by atomic mass is 9.67. The average Bonchev–Trinajstić information content (AvgIpc) is 3.74. The van der Waals surface area contributed by atoms with Gasteiger partial charge >= 0.3 is 0 Å². The molecule has 0 unspecified atom stereocenters. The van der Waals surface area contributed by atoms with Crippen LogP contribution in [0.2, 0.25) is 0 Å². The molecule has 8 aromatic rings. The molecule has 57 heavy (non-hydrogen) atoms. The Morgan fingerprint density at radius 1 is 0.404 bits per heavy atom. The number of para-hydroxylation sites is 2. The van der Waals surface area contributed by atoms with Crippen molar-refractivity contribution in [2.24, 2.45) is 0 Å². The molecular formula is C56H45N. The highest BCUT2D eigenvalue weighted by atomic mass is 15.1. The lowest BCUT2D eigenvalue weighted by Gasteiger charge is -2.33. The van der Waals surface area contributed by atoms with E-state index in [0.717, 1.165) is 24.2 Å². The number of hydrogen-bond donors (Lipinski definition) is 0. The molecule has 0 spiro atoms. The predicted octanol–water partition coefficient (Wildman–Crippen LogP) is 14.8. The summed E-state index contributed by atoms with van der Waals surface area (Å²) in [5.41, 5.74) is 18.9. The first-order chi connectivity index (χ1) is 28.2. The normalized spacial score (nSPS) is 14.1. The molecule has 0 bridgehead atoms. The lowest BCUT2D eigenvalue weighted by Crippen LogP contribution is -2.28. The fourth-order valence-corrected chi connectivity index (χ4v) is 10.2. The van der Waals surface area contributed by atoms with Crippen molar-refractivity contribution in [2.45, 2.75) is 37.5 Å². The molecule has 1 heteroatoms. The SMILES string of the molecule is CCC1(CC)c2cc(/C=C/c3cccc4c3-c3ccccc3C4(c3ccccc3)c3ccccc3)ccc2-c2ccc(N(c3ccccc3)c3ccccc3)cc21. The predicted molar refractivity (Wildman–Crippen MR) is 241 cm³/mol. The van der Waals surface area contributed by atoms with Crippen LogP contribution in [0.3, 0.4) is 0 Å². The van der Waals surface area contributed by atoms with Crippen LogP contribution in [0.4, 0.5) is 17.1 Å². The van der Waals surface area contributed by atoms with Gasteiger partial charge in [0.15, 0.2) is 0 Å². The minimum absolute atomic E-state index is 0.0819. The quantitative estimate of drug-likeness (QED) is 0.134. The molecule has 0 saturated carbocycles. The highest BCUT2D eigenvalue weighted by molar-refractivity contribution is 5.93. The van der Waals surface area contributed by atoms with Crippen LogP contribution in [-0.2, 0) is 10.8 Å². The van der Waals surface area contributed by atoms with E-state index < -0.39 is 5.41 Å². The number of anilines is 3. The first kappa shape index (κ1) is 34.8. The van der Waals surface area contributed by atoms with E-state index >= 15 is 0 Å². The molecule has 2 aliphatic rings. The third-order valence-corrected chi connectivity index (χ3v) is 12.8. The molecule has 0 saturated heterocycles. The minimum atomic E-state index is -0.408. The third kappa shape index (κ3) is 5.37. The van der Waals surface area contributed by atoms with Crippen molar-refractivity contribution in [1.29, 1.82) is 0 Å². The van der Waals surface area contributed by atoms with Crippen LogP contribution >= 0.6 is 0 Å². The summed E-state index contributed by atoms with van der Waals surface area (Å²) in [6.45, 7) is 4.72. The zero-order valence-corrected chi connectivity index (χ0v) is 32.6. The van der Waals surface area contributed by atoms with Gasteiger partial charge in [0.2, 0.25) is 0 Å². The molecule has 2 aliphatic carbocycles. The Balaban J connectivity index is 1.07. The Bertz CT molecular complexity index is 2660. The van der Waals surface area contributed by atoms with Crippen molar-refractivity contribution in [3.8, 4) is 22.3 Å². The largest absolute Gasteiger partial charge is 0.310 e. The number of rotatable bonds is 9. The van der Waals surface area contributed by atoms with Crippen molar-refractivity contribution in [2.75, 3.05) is 4.90 Å². The first-order valence-electron chi connectivity index (χ1n) is 20.4. The summed E-state index contributed by atoms with van der Waals surface area (Å²) in [6, 6.07) is 73.8. The van der Waals surface area contributed by atoms with Crippen molar-refractivity contribution in [1.82, 2.24) is 0 Å². The van der Waals surface area contributed by atoms with Crippen molar-refractivity contribution in [3.05, 3.63) is 245 Å². The van der Waals surface area contributed by atoms with Gasteiger partial charge in [0.05, 0.1) is 5.41 Å². The topological polar surface area (TPSA) is 3.24 Å². The Kier molecular flexibility index (Phi) is 8.60. The summed E-state index contributed by atoms with van der Waals surface area (Å²) in [6.07, 6.45) is 6.74. The molecule has 274 valence electrons. The maximum atomic E-state index is 2.47. The van der Waals surface area contributed by atoms with E-state index in [-0.39, 0.29) is 5.41 Å². The van der Waals surface area contributed by atoms with Crippen molar-refractivity contribution in [3.63, 3.8) is 0 Å². The molecule has 0 amide bonds. The molecular weight excluding hydrogens is 687 g/mol. The van der Waals surface area contributed by atoms with Crippen LogP contribution in [0, 0.1) is 0 Å². The van der Waals surface area contributed by atoms with Crippen LogP contribution in [0.25, 0.3) is 34.4 Å². The first-order valence-corrected chi connectivity index (χ1v) is 20.4. The van der Waals surface area contributed by atoms with Gasteiger partial charge < -0.3 is 4.90 Å². The van der Waals surface area contributed by atoms with Gasteiger partial charge in [-0.15, -0.1) is 0 Å². The highest BCUT2D eigenvalue weighted by Crippen LogP contribution is 2.58. The van der Waals surface area contributed by atoms with E-state index in [2.05, 4.69) is 231 Å². The van der Waals surface area contributed by atoms with Crippen molar-refractivity contribution >= 4 is 29.2 Å². The Hall–Kier alpha value is -6.70. The summed E-state index contributed by atoms with van der Waals surface area (Å²) < 4.78 is 0. The van der Waals surface area contributed by atoms with E-state index in [4.69, 9.17) is 0 Å². The standard InChI is InChI=1S/C56H45N/c1-3-55(4-2)52-38-40(33-36-47(52)48-37-35-46(39-53(48)55)57(44-25-13-7-14-26-44)45-27-15-8-16-28-45)32-34-41-20-19-31-51-54(41)49-29-17-18-30-50(49)56(51,42-21-9-5-10-22-42)43-23-11-6-12-24-43/h5-39H,3-4H2,1-2H3/b34-32+. The summed E-state index contributed by atoms with van der Waals surface area (Å²) in [4.78, 5) is 2.38. The van der Waals surface area contributed by atoms with Gasteiger partial charge in [-0.25, -0.2) is 0 Å². The van der Waals surface area contributed by atoms with E-state index in [9.17, 15) is 0 Å². The van der Waals surface area contributed by atoms with E-state index in [1.807, 2.05) is 0 Å². The van der Waals surface area contributed by atoms with E-state index in [0.29, 0.717) is 0 Å². The molecule has 0 heterocycles. The Morgan fingerprint density at radius 2 is 0.930 bits per heavy atom. The smallest absolute Gasteiger partial charge is 0.0713 e. The minimum Gasteiger partial charge on any atom is -0.310 e. The molecule has 0 N–H and O–H groups in total. The van der Waals surface area contributed by atoms with Gasteiger partial charge in [-0.05, 0) is 116 Å². The number of benzene rings is 8. The van der Waals surface area contributed by atoms with Crippen LogP contribution in [0.1, 0.15) is 71.2 Å². The zero-order valence-electron chi connectivity index (χ0n) is 32.6. The molecule has 1 nitrogen and oxygen atoms in total. The van der Waals surface area contributed by atoms with Gasteiger partial charge in [0.25, 0.3) is 0 Å². The second-order valence-corrected chi connectivity index (χ2v) is 15.5. The van der Waals surface area contributed by atoms with E-state index in [1.165, 1.54) is 72.4 Å². The average molecular weight is 732 g/mol. The zero-order chi connectivity index (χ0) is 38.4. The summed E-state index contributed by atoms with van der Waals surface area (Å²) in [7, 11) is 0. The summed E-state index contributed by atoms with van der Waals surface area (Å²) in [5, 5.41) is 0. The molecule has 0 aromatic heterocycles. The van der Waals surface area contributed by atoms with Gasteiger partial charge in [0.1, 0.15) is 0 Å². The van der Waals surface area contributed by atoms with E-state index in [1.54, 1.807) is 0 Å². The molecule has 0 fully saturated rings. The Morgan fingerprint density at radius 3 is 1.54 bits per heavy atom. The molecule has 0 aliphatic heterocycles. The van der Waals surface area contributed by atoms with Crippen LogP contribution in [0.5, 0.6) is 0 Å². The molecule has 0 radical (unpaired) electrons. The van der Waals surface area contributed by atoms with Crippen molar-refractivity contribution < 1.29 is 0 Å². The molecule has 0 atom stereocenters. The number of hydrogen-bond acceptors (Lipinski definition) is 1. The van der Waals surface area contributed by atoms with Crippen LogP contribution < -0.4 is 4.90 Å². The van der Waals surface area contributed by atoms with Gasteiger partial charge in [0, 0.05) is 22.5 Å². The molecule has 8 aromatic carbocycles. The Labute approximate surface area is 337 Å². The van der Waals surface area contributed by atoms with Gasteiger partial charge in [-0.3, -0.25) is 0 Å². The number of fused-ring (bicyclic) bond motifs is 6. The fraction of sp³-hybridized carbons (Fsp3) is 0.107. The maximum absolute atomic E-state index is 2.47.